The van der Waals surface area contributed by atoms with Crippen molar-refractivity contribution in [3.05, 3.63) is 17.5 Å². The SMILES string of the molecule is CC(C)C(O)CCNC(=O)c1cc(C(C)(C)C)[nH]n1. The van der Waals surface area contributed by atoms with Crippen LogP contribution in [0.1, 0.15) is 57.2 Å². The van der Waals surface area contributed by atoms with Gasteiger partial charge >= 0.3 is 0 Å². The highest BCUT2D eigenvalue weighted by atomic mass is 16.3. The summed E-state index contributed by atoms with van der Waals surface area (Å²) >= 11 is 0. The average molecular weight is 267 g/mol. The van der Waals surface area contributed by atoms with E-state index in [0.29, 0.717) is 18.7 Å². The minimum absolute atomic E-state index is 0.0562. The Hall–Kier alpha value is -1.36. The Kier molecular flexibility index (Phi) is 5.11. The van der Waals surface area contributed by atoms with E-state index in [0.717, 1.165) is 5.69 Å². The van der Waals surface area contributed by atoms with Crippen LogP contribution in [0.5, 0.6) is 0 Å². The minimum Gasteiger partial charge on any atom is -0.393 e. The maximum atomic E-state index is 11.9. The fourth-order valence-corrected chi connectivity index (χ4v) is 1.58. The van der Waals surface area contributed by atoms with Gasteiger partial charge in [0.1, 0.15) is 5.69 Å². The predicted molar refractivity (Wildman–Crippen MR) is 75.1 cm³/mol. The summed E-state index contributed by atoms with van der Waals surface area (Å²) in [7, 11) is 0. The number of nitrogens with zero attached hydrogens (tertiary/aromatic N) is 1. The second-order valence-corrected chi connectivity index (χ2v) is 6.27. The zero-order chi connectivity index (χ0) is 14.6. The number of carbonyl (C=O) groups excluding carboxylic acids is 1. The molecule has 1 rings (SSSR count). The molecule has 1 amide bonds. The molecule has 5 heteroatoms. The Morgan fingerprint density at radius 2 is 2.11 bits per heavy atom. The van der Waals surface area contributed by atoms with Crippen LogP contribution < -0.4 is 5.32 Å². The van der Waals surface area contributed by atoms with E-state index < -0.39 is 0 Å². The van der Waals surface area contributed by atoms with Crippen molar-refractivity contribution in [3.63, 3.8) is 0 Å². The Morgan fingerprint density at radius 3 is 2.58 bits per heavy atom. The maximum absolute atomic E-state index is 11.9. The third-order valence-corrected chi connectivity index (χ3v) is 3.11. The van der Waals surface area contributed by atoms with Crippen molar-refractivity contribution in [2.75, 3.05) is 6.54 Å². The van der Waals surface area contributed by atoms with Crippen molar-refractivity contribution in [1.29, 1.82) is 0 Å². The van der Waals surface area contributed by atoms with Crippen LogP contribution in [-0.4, -0.2) is 33.9 Å². The molecule has 1 unspecified atom stereocenters. The highest BCUT2D eigenvalue weighted by Gasteiger charge is 2.19. The number of rotatable bonds is 5. The number of hydrogen-bond donors (Lipinski definition) is 3. The van der Waals surface area contributed by atoms with E-state index in [2.05, 4.69) is 36.3 Å². The number of aromatic amines is 1. The fourth-order valence-electron chi connectivity index (χ4n) is 1.58. The highest BCUT2D eigenvalue weighted by Crippen LogP contribution is 2.20. The summed E-state index contributed by atoms with van der Waals surface area (Å²) in [5.41, 5.74) is 1.27. The van der Waals surface area contributed by atoms with Crippen molar-refractivity contribution in [3.8, 4) is 0 Å². The lowest BCUT2D eigenvalue weighted by Gasteiger charge is -2.14. The maximum Gasteiger partial charge on any atom is 0.271 e. The molecule has 0 aliphatic rings. The quantitative estimate of drug-likeness (QED) is 0.761. The normalized spacial score (nSPS) is 13.6. The van der Waals surface area contributed by atoms with Gasteiger partial charge in [0.05, 0.1) is 6.10 Å². The molecule has 3 N–H and O–H groups in total. The predicted octanol–water partition coefficient (Wildman–Crippen LogP) is 1.84. The lowest BCUT2D eigenvalue weighted by atomic mass is 9.92. The van der Waals surface area contributed by atoms with Crippen molar-refractivity contribution < 1.29 is 9.90 Å². The molecule has 0 aliphatic carbocycles. The second-order valence-electron chi connectivity index (χ2n) is 6.27. The summed E-state index contributed by atoms with van der Waals surface area (Å²) in [4.78, 5) is 11.9. The molecule has 0 radical (unpaired) electrons. The topological polar surface area (TPSA) is 78.0 Å². The van der Waals surface area contributed by atoms with Gasteiger partial charge in [-0.3, -0.25) is 9.89 Å². The number of aromatic nitrogens is 2. The first-order valence-electron chi connectivity index (χ1n) is 6.74. The monoisotopic (exact) mass is 267 g/mol. The van der Waals surface area contributed by atoms with E-state index in [1.165, 1.54) is 0 Å². The van der Waals surface area contributed by atoms with E-state index in [1.807, 2.05) is 13.8 Å². The number of hydrogen-bond acceptors (Lipinski definition) is 3. The van der Waals surface area contributed by atoms with Gasteiger partial charge < -0.3 is 10.4 Å². The lowest BCUT2D eigenvalue weighted by Crippen LogP contribution is -2.29. The van der Waals surface area contributed by atoms with Crippen LogP contribution in [0.3, 0.4) is 0 Å². The molecule has 0 saturated heterocycles. The number of carbonyl (C=O) groups is 1. The van der Waals surface area contributed by atoms with E-state index in [4.69, 9.17) is 0 Å². The standard InChI is InChI=1S/C14H25N3O2/c1-9(2)11(18)6-7-15-13(19)10-8-12(17-16-10)14(3,4)5/h8-9,11,18H,6-7H2,1-5H3,(H,15,19)(H,16,17). The van der Waals surface area contributed by atoms with Crippen molar-refractivity contribution in [2.24, 2.45) is 5.92 Å². The smallest absolute Gasteiger partial charge is 0.271 e. The molecule has 1 heterocycles. The summed E-state index contributed by atoms with van der Waals surface area (Å²) in [5.74, 6) is -0.00233. The highest BCUT2D eigenvalue weighted by molar-refractivity contribution is 5.92. The van der Waals surface area contributed by atoms with Crippen LogP contribution in [0.25, 0.3) is 0 Å². The molecule has 1 atom stereocenters. The summed E-state index contributed by atoms with van der Waals surface area (Å²) in [6, 6.07) is 1.77. The number of amides is 1. The number of H-pyrrole nitrogens is 1. The van der Waals surface area contributed by atoms with Crippen LogP contribution in [0.2, 0.25) is 0 Å². The Labute approximate surface area is 114 Å². The van der Waals surface area contributed by atoms with Gasteiger partial charge in [-0.05, 0) is 18.4 Å². The molecule has 19 heavy (non-hydrogen) atoms. The van der Waals surface area contributed by atoms with Gasteiger partial charge in [-0.15, -0.1) is 0 Å². The van der Waals surface area contributed by atoms with Gasteiger partial charge in [-0.1, -0.05) is 34.6 Å². The van der Waals surface area contributed by atoms with Crippen LogP contribution in [-0.2, 0) is 5.41 Å². The van der Waals surface area contributed by atoms with E-state index in [1.54, 1.807) is 6.07 Å². The first-order valence-corrected chi connectivity index (χ1v) is 6.74. The average Bonchev–Trinajstić information content (AvgIpc) is 2.77. The van der Waals surface area contributed by atoms with Crippen LogP contribution in [0.15, 0.2) is 6.07 Å². The first-order chi connectivity index (χ1) is 8.71. The largest absolute Gasteiger partial charge is 0.393 e. The first kappa shape index (κ1) is 15.7. The molecular formula is C14H25N3O2. The van der Waals surface area contributed by atoms with Crippen molar-refractivity contribution in [1.82, 2.24) is 15.5 Å². The zero-order valence-electron chi connectivity index (χ0n) is 12.4. The molecule has 0 fully saturated rings. The molecule has 108 valence electrons. The summed E-state index contributed by atoms with van der Waals surface area (Å²) in [6.45, 7) is 10.5. The molecule has 1 aromatic heterocycles. The van der Waals surface area contributed by atoms with Gasteiger partial charge in [0, 0.05) is 17.7 Å². The molecule has 1 aromatic rings. The number of aliphatic hydroxyl groups excluding tert-OH is 1. The summed E-state index contributed by atoms with van der Waals surface area (Å²) in [5, 5.41) is 19.3. The Balaban J connectivity index is 2.48. The Morgan fingerprint density at radius 1 is 1.47 bits per heavy atom. The van der Waals surface area contributed by atoms with Crippen molar-refractivity contribution >= 4 is 5.91 Å². The molecule has 0 spiro atoms. The molecule has 0 saturated carbocycles. The third kappa shape index (κ3) is 4.67. The zero-order valence-corrected chi connectivity index (χ0v) is 12.4. The van der Waals surface area contributed by atoms with E-state index >= 15 is 0 Å². The molecule has 0 aromatic carbocycles. The van der Waals surface area contributed by atoms with Gasteiger partial charge in [0.15, 0.2) is 0 Å². The second kappa shape index (κ2) is 6.19. The number of nitrogens with one attached hydrogen (secondary N) is 2. The minimum atomic E-state index is -0.385. The van der Waals surface area contributed by atoms with Gasteiger partial charge in [-0.25, -0.2) is 0 Å². The van der Waals surface area contributed by atoms with Crippen LogP contribution in [0, 0.1) is 5.92 Å². The summed E-state index contributed by atoms with van der Waals surface area (Å²) < 4.78 is 0. The fraction of sp³-hybridized carbons (Fsp3) is 0.714. The molecule has 0 aliphatic heterocycles. The Bertz CT molecular complexity index is 419. The van der Waals surface area contributed by atoms with Crippen LogP contribution in [0.4, 0.5) is 0 Å². The van der Waals surface area contributed by atoms with Gasteiger partial charge in [0.2, 0.25) is 0 Å². The lowest BCUT2D eigenvalue weighted by molar-refractivity contribution is 0.0915. The summed E-state index contributed by atoms with van der Waals surface area (Å²) in [6.07, 6.45) is 0.171. The van der Waals surface area contributed by atoms with E-state index in [9.17, 15) is 9.90 Å². The molecule has 5 nitrogen and oxygen atoms in total. The number of aliphatic hydroxyl groups is 1. The van der Waals surface area contributed by atoms with Gasteiger partial charge in [-0.2, -0.15) is 5.10 Å². The third-order valence-electron chi connectivity index (χ3n) is 3.11. The van der Waals surface area contributed by atoms with Crippen molar-refractivity contribution in [2.45, 2.75) is 52.6 Å². The molecule has 0 bridgehead atoms. The molecular weight excluding hydrogens is 242 g/mol. The van der Waals surface area contributed by atoms with E-state index in [-0.39, 0.29) is 23.3 Å². The van der Waals surface area contributed by atoms with Crippen LogP contribution >= 0.6 is 0 Å². The van der Waals surface area contributed by atoms with Gasteiger partial charge in [0.25, 0.3) is 5.91 Å².